The summed E-state index contributed by atoms with van der Waals surface area (Å²) in [7, 11) is 1.57. The third-order valence-electron chi connectivity index (χ3n) is 1.79. The molecule has 16 heavy (non-hydrogen) atoms. The first-order valence-electron chi connectivity index (χ1n) is 4.54. The monoisotopic (exact) mass is 220 g/mol. The van der Waals surface area contributed by atoms with Crippen molar-refractivity contribution in [2.75, 3.05) is 7.11 Å². The zero-order valence-electron chi connectivity index (χ0n) is 8.77. The summed E-state index contributed by atoms with van der Waals surface area (Å²) in [6.45, 7) is 0. The van der Waals surface area contributed by atoms with Crippen LogP contribution in [0, 0.1) is 0 Å². The number of hydrogen-bond acceptors (Lipinski definition) is 3. The molecule has 1 aromatic rings. The summed E-state index contributed by atoms with van der Waals surface area (Å²) in [6, 6.07) is 6.24. The van der Waals surface area contributed by atoms with E-state index in [0.29, 0.717) is 0 Å². The molecule has 5 nitrogen and oxygen atoms in total. The maximum atomic E-state index is 11.0. The molecular weight excluding hydrogens is 208 g/mol. The van der Waals surface area contributed by atoms with Gasteiger partial charge in [0.2, 0.25) is 0 Å². The number of carbonyl (C=O) groups is 2. The van der Waals surface area contributed by atoms with Gasteiger partial charge < -0.3 is 10.5 Å². The highest BCUT2D eigenvalue weighted by Crippen LogP contribution is 2.11. The molecule has 0 bridgehead atoms. The summed E-state index contributed by atoms with van der Waals surface area (Å²) in [6.07, 6.45) is 2.80. The van der Waals surface area contributed by atoms with Crippen molar-refractivity contribution in [1.82, 2.24) is 5.32 Å². The number of imide groups is 1. The number of nitrogens with two attached hydrogens (primary N) is 1. The Balaban J connectivity index is 2.62. The van der Waals surface area contributed by atoms with Crippen LogP contribution in [0.3, 0.4) is 0 Å². The molecule has 0 atom stereocenters. The highest BCUT2D eigenvalue weighted by atomic mass is 16.5. The molecule has 0 radical (unpaired) electrons. The summed E-state index contributed by atoms with van der Waals surface area (Å²) >= 11 is 0. The Morgan fingerprint density at radius 1 is 1.31 bits per heavy atom. The van der Waals surface area contributed by atoms with Gasteiger partial charge in [-0.15, -0.1) is 0 Å². The second kappa shape index (κ2) is 5.55. The molecule has 0 saturated carbocycles. The van der Waals surface area contributed by atoms with Crippen LogP contribution in [0.5, 0.6) is 5.75 Å². The van der Waals surface area contributed by atoms with Gasteiger partial charge in [-0.25, -0.2) is 4.79 Å². The van der Waals surface area contributed by atoms with Crippen molar-refractivity contribution in [2.45, 2.75) is 0 Å². The van der Waals surface area contributed by atoms with E-state index in [1.165, 1.54) is 6.08 Å². The zero-order chi connectivity index (χ0) is 12.0. The van der Waals surface area contributed by atoms with Gasteiger partial charge in [0.05, 0.1) is 7.11 Å². The maximum Gasteiger partial charge on any atom is 0.319 e. The van der Waals surface area contributed by atoms with Crippen molar-refractivity contribution in [3.05, 3.63) is 35.9 Å². The van der Waals surface area contributed by atoms with Gasteiger partial charge in [-0.2, -0.15) is 0 Å². The summed E-state index contributed by atoms with van der Waals surface area (Å²) in [5.41, 5.74) is 5.60. The minimum Gasteiger partial charge on any atom is -0.497 e. The number of benzene rings is 1. The Kier molecular flexibility index (Phi) is 4.08. The molecule has 0 spiro atoms. The molecule has 5 heteroatoms. The molecule has 0 aliphatic rings. The molecule has 0 fully saturated rings. The van der Waals surface area contributed by atoms with Crippen LogP contribution < -0.4 is 15.8 Å². The molecule has 0 heterocycles. The number of carbonyl (C=O) groups excluding carboxylic acids is 2. The van der Waals surface area contributed by atoms with E-state index in [-0.39, 0.29) is 0 Å². The lowest BCUT2D eigenvalue weighted by molar-refractivity contribution is -0.115. The molecule has 0 aliphatic heterocycles. The second-order valence-corrected chi connectivity index (χ2v) is 2.96. The molecule has 0 unspecified atom stereocenters. The quantitative estimate of drug-likeness (QED) is 0.742. The molecule has 0 aliphatic carbocycles. The fourth-order valence-corrected chi connectivity index (χ4v) is 1.05. The minimum atomic E-state index is -0.871. The lowest BCUT2D eigenvalue weighted by atomic mass is 10.2. The van der Waals surface area contributed by atoms with Gasteiger partial charge in [0.1, 0.15) is 5.75 Å². The number of hydrogen-bond donors (Lipinski definition) is 2. The molecular formula is C11H12N2O3. The van der Waals surface area contributed by atoms with Crippen LogP contribution in [-0.2, 0) is 4.79 Å². The van der Waals surface area contributed by atoms with Crippen molar-refractivity contribution in [3.8, 4) is 5.75 Å². The van der Waals surface area contributed by atoms with E-state index in [0.717, 1.165) is 11.3 Å². The highest BCUT2D eigenvalue weighted by Gasteiger charge is 1.98. The van der Waals surface area contributed by atoms with Crippen molar-refractivity contribution in [3.63, 3.8) is 0 Å². The average Bonchev–Trinajstić information content (AvgIpc) is 2.26. The zero-order valence-corrected chi connectivity index (χ0v) is 8.77. The van der Waals surface area contributed by atoms with E-state index in [9.17, 15) is 9.59 Å². The van der Waals surface area contributed by atoms with Gasteiger partial charge in [0.15, 0.2) is 0 Å². The van der Waals surface area contributed by atoms with Crippen LogP contribution in [0.4, 0.5) is 4.79 Å². The van der Waals surface area contributed by atoms with Gasteiger partial charge in [-0.1, -0.05) is 12.1 Å². The first kappa shape index (κ1) is 11.8. The van der Waals surface area contributed by atoms with Crippen LogP contribution in [0.2, 0.25) is 0 Å². The topological polar surface area (TPSA) is 81.4 Å². The predicted octanol–water partition coefficient (Wildman–Crippen LogP) is 0.903. The molecule has 1 rings (SSSR count). The lowest BCUT2D eigenvalue weighted by Gasteiger charge is -1.99. The fraction of sp³-hybridized carbons (Fsp3) is 0.0909. The summed E-state index contributed by atoms with van der Waals surface area (Å²) < 4.78 is 4.98. The fourth-order valence-electron chi connectivity index (χ4n) is 1.05. The van der Waals surface area contributed by atoms with Crippen LogP contribution in [0.25, 0.3) is 6.08 Å². The Morgan fingerprint density at radius 2 is 1.94 bits per heavy atom. The maximum absolute atomic E-state index is 11.0. The Hall–Kier alpha value is -2.30. The largest absolute Gasteiger partial charge is 0.497 e. The van der Waals surface area contributed by atoms with Gasteiger partial charge in [0, 0.05) is 6.08 Å². The predicted molar refractivity (Wildman–Crippen MR) is 59.8 cm³/mol. The van der Waals surface area contributed by atoms with E-state index in [1.54, 1.807) is 37.5 Å². The van der Waals surface area contributed by atoms with Crippen LogP contribution >= 0.6 is 0 Å². The number of urea groups is 1. The molecule has 84 valence electrons. The number of amides is 3. The number of methoxy groups -OCH3 is 1. The Morgan fingerprint density at radius 3 is 2.44 bits per heavy atom. The third kappa shape index (κ3) is 3.83. The second-order valence-electron chi connectivity index (χ2n) is 2.96. The number of nitrogens with one attached hydrogen (secondary N) is 1. The van der Waals surface area contributed by atoms with Crippen LogP contribution in [-0.4, -0.2) is 19.0 Å². The van der Waals surface area contributed by atoms with Crippen LogP contribution in [0.1, 0.15) is 5.56 Å². The first-order valence-corrected chi connectivity index (χ1v) is 4.54. The Bertz CT molecular complexity index is 410. The average molecular weight is 220 g/mol. The molecule has 0 aromatic heterocycles. The molecule has 3 amide bonds. The lowest BCUT2D eigenvalue weighted by Crippen LogP contribution is -2.33. The van der Waals surface area contributed by atoms with Crippen molar-refractivity contribution < 1.29 is 14.3 Å². The third-order valence-corrected chi connectivity index (χ3v) is 1.79. The summed E-state index contributed by atoms with van der Waals surface area (Å²) in [4.78, 5) is 21.4. The standard InChI is InChI=1S/C11H12N2O3/c1-16-9-5-2-8(3-6-9)4-7-10(14)13-11(12)15/h2-7H,1H3,(H3,12,13,14,15). The smallest absolute Gasteiger partial charge is 0.319 e. The number of rotatable bonds is 3. The SMILES string of the molecule is COc1ccc(C=CC(=O)NC(N)=O)cc1. The highest BCUT2D eigenvalue weighted by molar-refractivity contribution is 6.01. The first-order chi connectivity index (χ1) is 7.61. The van der Waals surface area contributed by atoms with E-state index < -0.39 is 11.9 Å². The summed E-state index contributed by atoms with van der Waals surface area (Å²) in [5.74, 6) is 0.182. The molecule has 1 aromatic carbocycles. The van der Waals surface area contributed by atoms with Gasteiger partial charge in [-0.3, -0.25) is 10.1 Å². The van der Waals surface area contributed by atoms with Crippen LogP contribution in [0.15, 0.2) is 30.3 Å². The van der Waals surface area contributed by atoms with Gasteiger partial charge >= 0.3 is 6.03 Å². The normalized spacial score (nSPS) is 10.1. The molecule has 0 saturated heterocycles. The van der Waals surface area contributed by atoms with E-state index in [2.05, 4.69) is 0 Å². The van der Waals surface area contributed by atoms with Gasteiger partial charge in [-0.05, 0) is 23.8 Å². The number of ether oxygens (including phenoxy) is 1. The number of primary amides is 1. The van der Waals surface area contributed by atoms with E-state index >= 15 is 0 Å². The van der Waals surface area contributed by atoms with Crippen molar-refractivity contribution in [2.24, 2.45) is 5.73 Å². The van der Waals surface area contributed by atoms with Gasteiger partial charge in [0.25, 0.3) is 5.91 Å². The minimum absolute atomic E-state index is 0.552. The molecule has 3 N–H and O–H groups in total. The van der Waals surface area contributed by atoms with Crippen molar-refractivity contribution in [1.29, 1.82) is 0 Å². The summed E-state index contributed by atoms with van der Waals surface area (Å²) in [5, 5.41) is 1.92. The Labute approximate surface area is 92.9 Å². The van der Waals surface area contributed by atoms with E-state index in [4.69, 9.17) is 10.5 Å². The van der Waals surface area contributed by atoms with E-state index in [1.807, 2.05) is 5.32 Å². The van der Waals surface area contributed by atoms with Crippen molar-refractivity contribution >= 4 is 18.0 Å².